The Bertz CT molecular complexity index is 539. The Morgan fingerprint density at radius 3 is 1.18 bits per heavy atom. The lowest BCUT2D eigenvalue weighted by molar-refractivity contribution is -0.166. The molecule has 4 bridgehead atoms. The van der Waals surface area contributed by atoms with Crippen LogP contribution in [-0.4, -0.2) is 37.4 Å². The Morgan fingerprint density at radius 1 is 0.643 bits per heavy atom. The SMILES string of the molecule is CC(=O)NCCC12CC3CC(CCNC(C)=O)(C1)CC(CCNC(C)=O)(C3)C2. The zero-order valence-electron chi connectivity index (χ0n) is 17.8. The topological polar surface area (TPSA) is 87.3 Å². The van der Waals surface area contributed by atoms with Crippen molar-refractivity contribution in [2.45, 2.75) is 78.6 Å². The first-order valence-corrected chi connectivity index (χ1v) is 10.9. The highest BCUT2D eigenvalue weighted by molar-refractivity contribution is 5.73. The van der Waals surface area contributed by atoms with Crippen LogP contribution in [0.1, 0.15) is 78.6 Å². The smallest absolute Gasteiger partial charge is 0.216 e. The quantitative estimate of drug-likeness (QED) is 0.564. The summed E-state index contributed by atoms with van der Waals surface area (Å²) in [4.78, 5) is 34.1. The van der Waals surface area contributed by atoms with Crippen molar-refractivity contribution in [1.29, 1.82) is 0 Å². The molecular formula is C22H37N3O3. The average molecular weight is 392 g/mol. The molecule has 0 atom stereocenters. The lowest BCUT2D eigenvalue weighted by Gasteiger charge is -2.67. The van der Waals surface area contributed by atoms with Gasteiger partial charge in [0.1, 0.15) is 0 Å². The zero-order valence-corrected chi connectivity index (χ0v) is 17.8. The predicted molar refractivity (Wildman–Crippen MR) is 108 cm³/mol. The lowest BCUT2D eigenvalue weighted by Crippen LogP contribution is -2.58. The molecule has 0 saturated heterocycles. The summed E-state index contributed by atoms with van der Waals surface area (Å²) in [6.07, 6.45) is 10.6. The van der Waals surface area contributed by atoms with Crippen molar-refractivity contribution in [3.8, 4) is 0 Å². The second-order valence-electron chi connectivity index (χ2n) is 10.2. The van der Waals surface area contributed by atoms with Gasteiger partial charge in [-0.2, -0.15) is 0 Å². The Labute approximate surface area is 169 Å². The van der Waals surface area contributed by atoms with Crippen LogP contribution in [0.2, 0.25) is 0 Å². The number of carbonyl (C=O) groups excluding carboxylic acids is 3. The van der Waals surface area contributed by atoms with Crippen LogP contribution in [0.25, 0.3) is 0 Å². The molecule has 0 aliphatic heterocycles. The Hall–Kier alpha value is -1.59. The Morgan fingerprint density at radius 2 is 0.929 bits per heavy atom. The van der Waals surface area contributed by atoms with Crippen molar-refractivity contribution in [3.63, 3.8) is 0 Å². The van der Waals surface area contributed by atoms with Crippen LogP contribution >= 0.6 is 0 Å². The lowest BCUT2D eigenvalue weighted by atomic mass is 9.38. The molecule has 6 heteroatoms. The van der Waals surface area contributed by atoms with Gasteiger partial charge < -0.3 is 16.0 Å². The van der Waals surface area contributed by atoms with Gasteiger partial charge in [0.05, 0.1) is 0 Å². The molecule has 0 unspecified atom stereocenters. The van der Waals surface area contributed by atoms with E-state index in [0.29, 0.717) is 16.2 Å². The minimum absolute atomic E-state index is 0.0467. The van der Waals surface area contributed by atoms with Gasteiger partial charge in [0.15, 0.2) is 0 Å². The van der Waals surface area contributed by atoms with E-state index in [0.717, 1.165) is 44.8 Å². The van der Waals surface area contributed by atoms with Crippen molar-refractivity contribution in [3.05, 3.63) is 0 Å². The van der Waals surface area contributed by atoms with Gasteiger partial charge in [-0.25, -0.2) is 0 Å². The second kappa shape index (κ2) is 8.03. The predicted octanol–water partition coefficient (Wildman–Crippen LogP) is 2.52. The van der Waals surface area contributed by atoms with Crippen LogP contribution in [0.5, 0.6) is 0 Å². The molecule has 3 amide bonds. The third-order valence-corrected chi connectivity index (χ3v) is 7.50. The van der Waals surface area contributed by atoms with E-state index in [1.54, 1.807) is 20.8 Å². The highest BCUT2D eigenvalue weighted by atomic mass is 16.2. The molecule has 0 radical (unpaired) electrons. The monoisotopic (exact) mass is 391 g/mol. The zero-order chi connectivity index (χ0) is 20.4. The number of carbonyl (C=O) groups is 3. The number of nitrogens with one attached hydrogen (secondary N) is 3. The minimum Gasteiger partial charge on any atom is -0.356 e. The average Bonchev–Trinajstić information content (AvgIpc) is 2.51. The molecule has 4 rings (SSSR count). The van der Waals surface area contributed by atoms with Gasteiger partial charge in [0.2, 0.25) is 17.7 Å². The van der Waals surface area contributed by atoms with Crippen molar-refractivity contribution < 1.29 is 14.4 Å². The maximum Gasteiger partial charge on any atom is 0.216 e. The largest absolute Gasteiger partial charge is 0.356 e. The maximum absolute atomic E-state index is 11.4. The van der Waals surface area contributed by atoms with E-state index < -0.39 is 0 Å². The fourth-order valence-corrected chi connectivity index (χ4v) is 7.41. The van der Waals surface area contributed by atoms with E-state index >= 15 is 0 Å². The Kier molecular flexibility index (Phi) is 6.06. The molecular weight excluding hydrogens is 354 g/mol. The molecule has 158 valence electrons. The van der Waals surface area contributed by atoms with Crippen molar-refractivity contribution >= 4 is 17.7 Å². The van der Waals surface area contributed by atoms with Gasteiger partial charge in [-0.3, -0.25) is 14.4 Å². The van der Waals surface area contributed by atoms with Crippen LogP contribution in [0.4, 0.5) is 0 Å². The van der Waals surface area contributed by atoms with Crippen LogP contribution in [0.15, 0.2) is 0 Å². The first-order valence-electron chi connectivity index (χ1n) is 10.9. The highest BCUT2D eigenvalue weighted by Gasteiger charge is 2.62. The second-order valence-corrected chi connectivity index (χ2v) is 10.2. The van der Waals surface area contributed by atoms with Crippen molar-refractivity contribution in [2.75, 3.05) is 19.6 Å². The standard InChI is InChI=1S/C22H37N3O3/c1-16(26)23-7-4-20-10-19-11-21(13-20,5-8-24-17(2)27)15-22(12-19,14-20)6-9-25-18(3)28/h19H,4-15H2,1-3H3,(H,23,26)(H,24,27)(H,25,28). The summed E-state index contributed by atoms with van der Waals surface area (Å²) in [6, 6.07) is 0. The van der Waals surface area contributed by atoms with Crippen LogP contribution in [-0.2, 0) is 14.4 Å². The normalized spacial score (nSPS) is 35.5. The number of hydrogen-bond donors (Lipinski definition) is 3. The summed E-state index contributed by atoms with van der Waals surface area (Å²) in [5.74, 6) is 0.879. The number of hydrogen-bond acceptors (Lipinski definition) is 3. The van der Waals surface area contributed by atoms with Crippen LogP contribution in [0.3, 0.4) is 0 Å². The van der Waals surface area contributed by atoms with Crippen LogP contribution in [0, 0.1) is 22.2 Å². The molecule has 0 heterocycles. The van der Waals surface area contributed by atoms with Crippen LogP contribution < -0.4 is 16.0 Å². The molecule has 4 aliphatic carbocycles. The molecule has 4 fully saturated rings. The molecule has 0 aromatic carbocycles. The first-order chi connectivity index (χ1) is 13.2. The van der Waals surface area contributed by atoms with Gasteiger partial charge in [-0.05, 0) is 80.0 Å². The van der Waals surface area contributed by atoms with E-state index in [4.69, 9.17) is 0 Å². The summed E-state index contributed by atoms with van der Waals surface area (Å²) in [7, 11) is 0. The summed E-state index contributed by atoms with van der Waals surface area (Å²) in [6.45, 7) is 7.03. The maximum atomic E-state index is 11.4. The van der Waals surface area contributed by atoms with E-state index in [1.807, 2.05) is 0 Å². The van der Waals surface area contributed by atoms with E-state index in [2.05, 4.69) is 16.0 Å². The van der Waals surface area contributed by atoms with Crippen molar-refractivity contribution in [2.24, 2.45) is 22.2 Å². The third kappa shape index (κ3) is 4.87. The summed E-state index contributed by atoms with van der Waals surface area (Å²) in [5.41, 5.74) is 0.900. The highest BCUT2D eigenvalue weighted by Crippen LogP contribution is 2.72. The first kappa shape index (κ1) is 21.1. The third-order valence-electron chi connectivity index (χ3n) is 7.50. The summed E-state index contributed by atoms with van der Waals surface area (Å²) >= 11 is 0. The molecule has 0 spiro atoms. The van der Waals surface area contributed by atoms with Gasteiger partial charge in [0.25, 0.3) is 0 Å². The number of amides is 3. The molecule has 4 aliphatic rings. The van der Waals surface area contributed by atoms with Gasteiger partial charge in [0, 0.05) is 40.4 Å². The van der Waals surface area contributed by atoms with Gasteiger partial charge >= 0.3 is 0 Å². The number of rotatable bonds is 9. The summed E-state index contributed by atoms with van der Waals surface area (Å²) in [5, 5.41) is 9.03. The molecule has 0 aromatic rings. The molecule has 4 saturated carbocycles. The fraction of sp³-hybridized carbons (Fsp3) is 0.864. The molecule has 6 nitrogen and oxygen atoms in total. The van der Waals surface area contributed by atoms with Crippen molar-refractivity contribution in [1.82, 2.24) is 16.0 Å². The van der Waals surface area contributed by atoms with E-state index in [1.165, 1.54) is 38.5 Å². The molecule has 28 heavy (non-hydrogen) atoms. The molecule has 0 aromatic heterocycles. The van der Waals surface area contributed by atoms with Gasteiger partial charge in [-0.15, -0.1) is 0 Å². The Balaban J connectivity index is 1.75. The fourth-order valence-electron chi connectivity index (χ4n) is 7.41. The minimum atomic E-state index is 0.0467. The van der Waals surface area contributed by atoms with Gasteiger partial charge in [-0.1, -0.05) is 0 Å². The van der Waals surface area contributed by atoms with E-state index in [-0.39, 0.29) is 17.7 Å². The van der Waals surface area contributed by atoms with E-state index in [9.17, 15) is 14.4 Å². The molecule has 3 N–H and O–H groups in total. The summed E-state index contributed by atoms with van der Waals surface area (Å²) < 4.78 is 0.